The zero-order valence-corrected chi connectivity index (χ0v) is 8.78. The summed E-state index contributed by atoms with van der Waals surface area (Å²) >= 11 is 5.83. The zero-order chi connectivity index (χ0) is 10.7. The van der Waals surface area contributed by atoms with Crippen LogP contribution >= 0.6 is 11.6 Å². The van der Waals surface area contributed by atoms with E-state index in [2.05, 4.69) is 9.97 Å². The first-order chi connectivity index (χ1) is 7.31. The van der Waals surface area contributed by atoms with E-state index >= 15 is 0 Å². The predicted octanol–water partition coefficient (Wildman–Crippen LogP) is 2.26. The molecule has 0 bridgehead atoms. The molecule has 76 valence electrons. The number of hydrogen-bond donors (Lipinski definition) is 1. The van der Waals surface area contributed by atoms with Crippen LogP contribution in [-0.4, -0.2) is 9.97 Å². The van der Waals surface area contributed by atoms with E-state index in [1.807, 2.05) is 18.2 Å². The predicted molar refractivity (Wildman–Crippen MR) is 60.4 cm³/mol. The molecule has 2 rings (SSSR count). The van der Waals surface area contributed by atoms with Gasteiger partial charge in [0.05, 0.1) is 5.69 Å². The molecule has 2 aromatic rings. The quantitative estimate of drug-likeness (QED) is 0.789. The van der Waals surface area contributed by atoms with Gasteiger partial charge in [0.2, 0.25) is 0 Å². The monoisotopic (exact) mass is 219 g/mol. The van der Waals surface area contributed by atoms with Gasteiger partial charge < -0.3 is 5.73 Å². The first-order valence-corrected chi connectivity index (χ1v) is 4.95. The number of halogens is 1. The average molecular weight is 220 g/mol. The van der Waals surface area contributed by atoms with Crippen molar-refractivity contribution in [3.63, 3.8) is 0 Å². The molecule has 0 aromatic carbocycles. The van der Waals surface area contributed by atoms with Crippen LogP contribution in [0.5, 0.6) is 0 Å². The fourth-order valence-corrected chi connectivity index (χ4v) is 1.56. The Balaban J connectivity index is 2.53. The van der Waals surface area contributed by atoms with Gasteiger partial charge in [-0.15, -0.1) is 0 Å². The summed E-state index contributed by atoms with van der Waals surface area (Å²) in [6, 6.07) is 7.40. The molecule has 0 saturated carbocycles. The van der Waals surface area contributed by atoms with Gasteiger partial charge in [0.25, 0.3) is 0 Å². The van der Waals surface area contributed by atoms with Gasteiger partial charge in [0.1, 0.15) is 5.15 Å². The van der Waals surface area contributed by atoms with Crippen LogP contribution in [0, 0.1) is 0 Å². The third-order valence-corrected chi connectivity index (χ3v) is 2.33. The largest absolute Gasteiger partial charge is 0.326 e. The van der Waals surface area contributed by atoms with E-state index in [0.29, 0.717) is 11.7 Å². The molecule has 2 N–H and O–H groups in total. The van der Waals surface area contributed by atoms with E-state index in [1.54, 1.807) is 18.5 Å². The van der Waals surface area contributed by atoms with Crippen LogP contribution in [0.1, 0.15) is 5.56 Å². The molecule has 0 aliphatic heterocycles. The lowest BCUT2D eigenvalue weighted by Gasteiger charge is -2.05. The maximum Gasteiger partial charge on any atom is 0.129 e. The molecule has 2 heterocycles. The van der Waals surface area contributed by atoms with Gasteiger partial charge in [-0.3, -0.25) is 4.98 Å². The number of nitrogens with zero attached hydrogens (tertiary/aromatic N) is 2. The SMILES string of the molecule is NCc1cnccc1-c1cccc(Cl)n1. The fraction of sp³-hybridized carbons (Fsp3) is 0.0909. The molecule has 15 heavy (non-hydrogen) atoms. The molecule has 3 nitrogen and oxygen atoms in total. The first kappa shape index (κ1) is 10.1. The van der Waals surface area contributed by atoms with Gasteiger partial charge in [-0.1, -0.05) is 17.7 Å². The fourth-order valence-electron chi connectivity index (χ4n) is 1.40. The van der Waals surface area contributed by atoms with Crippen LogP contribution in [0.15, 0.2) is 36.7 Å². The summed E-state index contributed by atoms with van der Waals surface area (Å²) < 4.78 is 0. The standard InChI is InChI=1S/C11H10ClN3/c12-11-3-1-2-10(15-11)9-4-5-14-7-8(9)6-13/h1-5,7H,6,13H2. The van der Waals surface area contributed by atoms with Crippen LogP contribution in [0.4, 0.5) is 0 Å². The van der Waals surface area contributed by atoms with Crippen molar-refractivity contribution in [3.8, 4) is 11.3 Å². The molecule has 0 amide bonds. The lowest BCUT2D eigenvalue weighted by Crippen LogP contribution is -2.00. The van der Waals surface area contributed by atoms with E-state index in [1.165, 1.54) is 0 Å². The van der Waals surface area contributed by atoms with Crippen molar-refractivity contribution in [2.24, 2.45) is 5.73 Å². The Hall–Kier alpha value is -1.45. The smallest absolute Gasteiger partial charge is 0.129 e. The normalized spacial score (nSPS) is 10.3. The molecule has 0 atom stereocenters. The minimum atomic E-state index is 0.442. The second-order valence-electron chi connectivity index (χ2n) is 3.08. The third-order valence-electron chi connectivity index (χ3n) is 2.11. The van der Waals surface area contributed by atoms with Crippen LogP contribution in [-0.2, 0) is 6.54 Å². The van der Waals surface area contributed by atoms with Crippen molar-refractivity contribution >= 4 is 11.6 Å². The number of aromatic nitrogens is 2. The molecule has 0 aliphatic rings. The van der Waals surface area contributed by atoms with Gasteiger partial charge in [0.15, 0.2) is 0 Å². The highest BCUT2D eigenvalue weighted by molar-refractivity contribution is 6.29. The van der Waals surface area contributed by atoms with Gasteiger partial charge in [-0.2, -0.15) is 0 Å². The van der Waals surface area contributed by atoms with Crippen molar-refractivity contribution in [2.45, 2.75) is 6.54 Å². The van der Waals surface area contributed by atoms with Crippen LogP contribution in [0.2, 0.25) is 5.15 Å². The van der Waals surface area contributed by atoms with Crippen LogP contribution in [0.3, 0.4) is 0 Å². The Morgan fingerprint density at radius 3 is 2.87 bits per heavy atom. The Morgan fingerprint density at radius 1 is 1.27 bits per heavy atom. The van der Waals surface area contributed by atoms with Crippen molar-refractivity contribution in [1.82, 2.24) is 9.97 Å². The lowest BCUT2D eigenvalue weighted by molar-refractivity contribution is 1.05. The zero-order valence-electron chi connectivity index (χ0n) is 8.02. The van der Waals surface area contributed by atoms with Crippen molar-refractivity contribution in [1.29, 1.82) is 0 Å². The maximum atomic E-state index is 5.83. The Kier molecular flexibility index (Phi) is 2.94. The van der Waals surface area contributed by atoms with Gasteiger partial charge in [-0.25, -0.2) is 4.98 Å². The second kappa shape index (κ2) is 4.38. The van der Waals surface area contributed by atoms with Gasteiger partial charge >= 0.3 is 0 Å². The maximum absolute atomic E-state index is 5.83. The molecular formula is C11H10ClN3. The summed E-state index contributed by atoms with van der Waals surface area (Å²) in [5, 5.41) is 0.479. The highest BCUT2D eigenvalue weighted by atomic mass is 35.5. The third kappa shape index (κ3) is 2.14. The molecule has 0 aliphatic carbocycles. The first-order valence-electron chi connectivity index (χ1n) is 4.57. The van der Waals surface area contributed by atoms with Crippen molar-refractivity contribution in [3.05, 3.63) is 47.4 Å². The van der Waals surface area contributed by atoms with Crippen LogP contribution in [0.25, 0.3) is 11.3 Å². The summed E-state index contributed by atoms with van der Waals surface area (Å²) in [6.07, 6.45) is 3.47. The number of rotatable bonds is 2. The van der Waals surface area contributed by atoms with E-state index in [9.17, 15) is 0 Å². The number of nitrogens with two attached hydrogens (primary N) is 1. The summed E-state index contributed by atoms with van der Waals surface area (Å²) in [5.41, 5.74) is 8.40. The van der Waals surface area contributed by atoms with Crippen molar-refractivity contribution in [2.75, 3.05) is 0 Å². The summed E-state index contributed by atoms with van der Waals surface area (Å²) in [5.74, 6) is 0. The Labute approximate surface area is 92.9 Å². The van der Waals surface area contributed by atoms with E-state index in [0.717, 1.165) is 16.8 Å². The Morgan fingerprint density at radius 2 is 2.13 bits per heavy atom. The molecule has 0 radical (unpaired) electrons. The molecule has 2 aromatic heterocycles. The molecule has 0 unspecified atom stereocenters. The van der Waals surface area contributed by atoms with Crippen molar-refractivity contribution < 1.29 is 0 Å². The highest BCUT2D eigenvalue weighted by Gasteiger charge is 2.04. The number of hydrogen-bond acceptors (Lipinski definition) is 3. The van der Waals surface area contributed by atoms with Crippen LogP contribution < -0.4 is 5.73 Å². The molecule has 0 spiro atoms. The Bertz CT molecular complexity index is 471. The molecule has 0 saturated heterocycles. The van der Waals surface area contributed by atoms with Gasteiger partial charge in [-0.05, 0) is 23.8 Å². The van der Waals surface area contributed by atoms with E-state index < -0.39 is 0 Å². The molecular weight excluding hydrogens is 210 g/mol. The topological polar surface area (TPSA) is 51.8 Å². The molecule has 0 fully saturated rings. The second-order valence-corrected chi connectivity index (χ2v) is 3.47. The van der Waals surface area contributed by atoms with Gasteiger partial charge in [0, 0.05) is 24.5 Å². The summed E-state index contributed by atoms with van der Waals surface area (Å²) in [4.78, 5) is 8.26. The minimum Gasteiger partial charge on any atom is -0.326 e. The lowest BCUT2D eigenvalue weighted by atomic mass is 10.1. The minimum absolute atomic E-state index is 0.442. The summed E-state index contributed by atoms with van der Waals surface area (Å²) in [6.45, 7) is 0.442. The number of pyridine rings is 2. The van der Waals surface area contributed by atoms with E-state index in [-0.39, 0.29) is 0 Å². The van der Waals surface area contributed by atoms with E-state index in [4.69, 9.17) is 17.3 Å². The molecule has 4 heteroatoms. The highest BCUT2D eigenvalue weighted by Crippen LogP contribution is 2.21. The average Bonchev–Trinajstić information content (AvgIpc) is 2.29. The summed E-state index contributed by atoms with van der Waals surface area (Å²) in [7, 11) is 0.